The minimum atomic E-state index is 0.242. The van der Waals surface area contributed by atoms with Gasteiger partial charge in [0.2, 0.25) is 5.88 Å². The van der Waals surface area contributed by atoms with E-state index in [0.29, 0.717) is 24.0 Å². The van der Waals surface area contributed by atoms with Gasteiger partial charge < -0.3 is 14.8 Å². The Labute approximate surface area is 129 Å². The molecule has 5 nitrogen and oxygen atoms in total. The maximum absolute atomic E-state index is 9.77. The molecule has 0 aliphatic heterocycles. The number of phenolic OH excluding ortho intramolecular Hbond substituents is 1. The first kappa shape index (κ1) is 13.2. The molecule has 0 spiro atoms. The number of aromatic amines is 1. The summed E-state index contributed by atoms with van der Waals surface area (Å²) in [5.41, 5.74) is 2.25. The summed E-state index contributed by atoms with van der Waals surface area (Å²) in [6.45, 7) is 2.48. The molecule has 0 amide bonds. The van der Waals surface area contributed by atoms with Gasteiger partial charge in [0.15, 0.2) is 5.65 Å². The third-order valence-corrected chi connectivity index (χ3v) is 3.74. The monoisotopic (exact) mass is 381 g/mol. The molecule has 3 aromatic rings. The summed E-state index contributed by atoms with van der Waals surface area (Å²) in [5.74, 6) is 1.47. The van der Waals surface area contributed by atoms with Crippen molar-refractivity contribution in [2.75, 3.05) is 6.61 Å². The molecule has 0 unspecified atom stereocenters. The second-order valence-electron chi connectivity index (χ2n) is 4.21. The Morgan fingerprint density at radius 3 is 2.85 bits per heavy atom. The summed E-state index contributed by atoms with van der Waals surface area (Å²) >= 11 is 2.08. The number of halogens is 1. The Hall–Kier alpha value is -1.83. The van der Waals surface area contributed by atoms with Crippen LogP contribution in [0.5, 0.6) is 11.6 Å². The van der Waals surface area contributed by atoms with Crippen molar-refractivity contribution in [1.82, 2.24) is 15.0 Å². The molecule has 0 saturated carbocycles. The van der Waals surface area contributed by atoms with Crippen LogP contribution >= 0.6 is 22.6 Å². The standard InChI is InChI=1S/C14H12IN3O2/c1-2-20-12-6-5-10-14(17-12)18-13(16-10)8-3-4-9(15)11(19)7-8/h3-7,19H,2H2,1H3,(H,16,17,18). The topological polar surface area (TPSA) is 71.0 Å². The molecular weight excluding hydrogens is 369 g/mol. The molecule has 0 radical (unpaired) electrons. The van der Waals surface area contributed by atoms with E-state index in [1.54, 1.807) is 12.1 Å². The van der Waals surface area contributed by atoms with Crippen molar-refractivity contribution in [3.05, 3.63) is 33.9 Å². The van der Waals surface area contributed by atoms with Crippen LogP contribution in [0, 0.1) is 3.57 Å². The third-order valence-electron chi connectivity index (χ3n) is 2.83. The van der Waals surface area contributed by atoms with Crippen LogP contribution in [0.15, 0.2) is 30.3 Å². The largest absolute Gasteiger partial charge is 0.507 e. The smallest absolute Gasteiger partial charge is 0.215 e. The average Bonchev–Trinajstić information content (AvgIpc) is 2.85. The number of phenols is 1. The molecule has 2 heterocycles. The molecule has 0 atom stereocenters. The zero-order valence-corrected chi connectivity index (χ0v) is 12.9. The Kier molecular flexibility index (Phi) is 3.47. The summed E-state index contributed by atoms with van der Waals surface area (Å²) in [7, 11) is 0. The number of benzene rings is 1. The number of H-pyrrole nitrogens is 1. The van der Waals surface area contributed by atoms with Crippen LogP contribution in [0.2, 0.25) is 0 Å². The van der Waals surface area contributed by atoms with Gasteiger partial charge in [0.1, 0.15) is 11.6 Å². The second-order valence-corrected chi connectivity index (χ2v) is 5.37. The first-order valence-corrected chi connectivity index (χ1v) is 7.23. The molecule has 2 N–H and O–H groups in total. The summed E-state index contributed by atoms with van der Waals surface area (Å²) < 4.78 is 6.16. The van der Waals surface area contributed by atoms with E-state index >= 15 is 0 Å². The number of rotatable bonds is 3. The van der Waals surface area contributed by atoms with Crippen LogP contribution in [-0.2, 0) is 0 Å². The van der Waals surface area contributed by atoms with E-state index in [9.17, 15) is 5.11 Å². The number of hydrogen-bond acceptors (Lipinski definition) is 4. The molecule has 102 valence electrons. The van der Waals surface area contributed by atoms with Crippen molar-refractivity contribution < 1.29 is 9.84 Å². The molecule has 0 bridgehead atoms. The molecule has 3 rings (SSSR count). The minimum Gasteiger partial charge on any atom is -0.507 e. The molecule has 0 aliphatic rings. The summed E-state index contributed by atoms with van der Waals surface area (Å²) in [4.78, 5) is 11.9. The Morgan fingerprint density at radius 2 is 2.10 bits per heavy atom. The minimum absolute atomic E-state index is 0.242. The second kappa shape index (κ2) is 5.28. The number of ether oxygens (including phenoxy) is 1. The van der Waals surface area contributed by atoms with Gasteiger partial charge in [0.25, 0.3) is 0 Å². The first-order chi connectivity index (χ1) is 9.67. The van der Waals surface area contributed by atoms with Gasteiger partial charge in [-0.15, -0.1) is 0 Å². The van der Waals surface area contributed by atoms with Crippen LogP contribution < -0.4 is 4.74 Å². The maximum Gasteiger partial charge on any atom is 0.215 e. The van der Waals surface area contributed by atoms with Gasteiger partial charge in [0.05, 0.1) is 15.7 Å². The van der Waals surface area contributed by atoms with E-state index in [1.165, 1.54) is 0 Å². The number of aromatic hydroxyl groups is 1. The predicted octanol–water partition coefficient (Wildman–Crippen LogP) is 3.33. The highest BCUT2D eigenvalue weighted by Crippen LogP contribution is 2.27. The van der Waals surface area contributed by atoms with E-state index in [0.717, 1.165) is 14.7 Å². The molecule has 2 aromatic heterocycles. The van der Waals surface area contributed by atoms with Crippen LogP contribution in [0.1, 0.15) is 6.92 Å². The van der Waals surface area contributed by atoms with Gasteiger partial charge in [-0.3, -0.25) is 0 Å². The zero-order valence-electron chi connectivity index (χ0n) is 10.7. The fourth-order valence-corrected chi connectivity index (χ4v) is 2.24. The lowest BCUT2D eigenvalue weighted by Crippen LogP contribution is -1.93. The summed E-state index contributed by atoms with van der Waals surface area (Å²) in [5, 5.41) is 9.77. The fourth-order valence-electron chi connectivity index (χ4n) is 1.90. The van der Waals surface area contributed by atoms with E-state index in [2.05, 4.69) is 37.5 Å². The lowest BCUT2D eigenvalue weighted by molar-refractivity contribution is 0.328. The highest BCUT2D eigenvalue weighted by Gasteiger charge is 2.09. The Balaban J connectivity index is 2.05. The molecular formula is C14H12IN3O2. The van der Waals surface area contributed by atoms with Gasteiger partial charge in [-0.25, -0.2) is 4.98 Å². The zero-order chi connectivity index (χ0) is 14.1. The molecule has 1 aromatic carbocycles. The average molecular weight is 381 g/mol. The van der Waals surface area contributed by atoms with Crippen molar-refractivity contribution in [2.45, 2.75) is 6.92 Å². The number of nitrogens with one attached hydrogen (secondary N) is 1. The number of hydrogen-bond donors (Lipinski definition) is 2. The number of aromatic nitrogens is 3. The maximum atomic E-state index is 9.77. The highest BCUT2D eigenvalue weighted by atomic mass is 127. The molecule has 6 heteroatoms. The van der Waals surface area contributed by atoms with Crippen molar-refractivity contribution in [3.8, 4) is 23.0 Å². The van der Waals surface area contributed by atoms with E-state index in [-0.39, 0.29) is 5.75 Å². The SMILES string of the molecule is CCOc1ccc2[nH]c(-c3ccc(I)c(O)c3)nc2n1. The van der Waals surface area contributed by atoms with Crippen LogP contribution in [-0.4, -0.2) is 26.7 Å². The Morgan fingerprint density at radius 1 is 1.25 bits per heavy atom. The number of nitrogens with zero attached hydrogens (tertiary/aromatic N) is 2. The lowest BCUT2D eigenvalue weighted by atomic mass is 10.2. The predicted molar refractivity (Wildman–Crippen MR) is 84.9 cm³/mol. The molecule has 0 fully saturated rings. The fraction of sp³-hybridized carbons (Fsp3) is 0.143. The number of fused-ring (bicyclic) bond motifs is 1. The normalized spacial score (nSPS) is 10.9. The van der Waals surface area contributed by atoms with Crippen LogP contribution in [0.4, 0.5) is 0 Å². The van der Waals surface area contributed by atoms with Gasteiger partial charge in [-0.05, 0) is 53.8 Å². The quantitative estimate of drug-likeness (QED) is 0.683. The molecule has 0 aliphatic carbocycles. The van der Waals surface area contributed by atoms with E-state index in [4.69, 9.17) is 4.74 Å². The van der Waals surface area contributed by atoms with E-state index < -0.39 is 0 Å². The van der Waals surface area contributed by atoms with Gasteiger partial charge in [-0.2, -0.15) is 4.98 Å². The lowest BCUT2D eigenvalue weighted by Gasteiger charge is -1.99. The van der Waals surface area contributed by atoms with Crippen LogP contribution in [0.3, 0.4) is 0 Å². The number of pyridine rings is 1. The Bertz CT molecular complexity index is 770. The molecule has 20 heavy (non-hydrogen) atoms. The molecule has 0 saturated heterocycles. The van der Waals surface area contributed by atoms with Crippen molar-refractivity contribution in [1.29, 1.82) is 0 Å². The van der Waals surface area contributed by atoms with Crippen LogP contribution in [0.25, 0.3) is 22.6 Å². The van der Waals surface area contributed by atoms with Crippen molar-refractivity contribution >= 4 is 33.8 Å². The summed E-state index contributed by atoms with van der Waals surface area (Å²) in [6.07, 6.45) is 0. The van der Waals surface area contributed by atoms with Gasteiger partial charge >= 0.3 is 0 Å². The van der Waals surface area contributed by atoms with Gasteiger partial charge in [-0.1, -0.05) is 0 Å². The first-order valence-electron chi connectivity index (χ1n) is 6.16. The van der Waals surface area contributed by atoms with E-state index in [1.807, 2.05) is 25.1 Å². The van der Waals surface area contributed by atoms with Gasteiger partial charge in [0, 0.05) is 11.6 Å². The summed E-state index contributed by atoms with van der Waals surface area (Å²) in [6, 6.07) is 9.12. The van der Waals surface area contributed by atoms with Crippen molar-refractivity contribution in [3.63, 3.8) is 0 Å². The third kappa shape index (κ3) is 2.43. The van der Waals surface area contributed by atoms with Crippen molar-refractivity contribution in [2.24, 2.45) is 0 Å². The number of imidazole rings is 1. The highest BCUT2D eigenvalue weighted by molar-refractivity contribution is 14.1.